The van der Waals surface area contributed by atoms with Crippen LogP contribution in [0.1, 0.15) is 79.6 Å². The number of aliphatic hydroxyl groups excluding tert-OH is 1. The molecule has 1 spiro atoms. The molecular weight excluding hydrogens is 444 g/mol. The van der Waals surface area contributed by atoms with Crippen LogP contribution in [-0.2, 0) is 23.8 Å². The molecule has 12 atom stereocenters. The Morgan fingerprint density at radius 2 is 1.83 bits per heavy atom. The maximum absolute atomic E-state index is 13.7. The lowest BCUT2D eigenvalue weighted by atomic mass is 9.43. The molecule has 6 rings (SSSR count). The van der Waals surface area contributed by atoms with Crippen LogP contribution in [0.4, 0.5) is 0 Å². The van der Waals surface area contributed by atoms with Crippen molar-refractivity contribution in [3.63, 3.8) is 0 Å². The highest BCUT2D eigenvalue weighted by Crippen LogP contribution is 2.73. The minimum Gasteiger partial charge on any atom is -0.458 e. The number of carbonyl (C=O) groups is 2. The first-order valence-corrected chi connectivity index (χ1v) is 13.8. The summed E-state index contributed by atoms with van der Waals surface area (Å²) in [6, 6.07) is 0. The Morgan fingerprint density at radius 3 is 2.51 bits per heavy atom. The zero-order chi connectivity index (χ0) is 25.1. The minimum atomic E-state index is -0.763. The number of hydrogen-bond donors (Lipinski definition) is 1. The molecule has 194 valence electrons. The van der Waals surface area contributed by atoms with Crippen molar-refractivity contribution in [3.05, 3.63) is 11.1 Å². The third-order valence-electron chi connectivity index (χ3n) is 12.3. The molecule has 0 aromatic heterocycles. The number of epoxide rings is 1. The summed E-state index contributed by atoms with van der Waals surface area (Å²) < 4.78 is 17.8. The lowest BCUT2D eigenvalue weighted by Gasteiger charge is -2.59. The Balaban J connectivity index is 1.27. The van der Waals surface area contributed by atoms with Crippen LogP contribution in [0.5, 0.6) is 0 Å². The molecule has 2 aliphatic heterocycles. The zero-order valence-corrected chi connectivity index (χ0v) is 22.1. The molecule has 6 nitrogen and oxygen atoms in total. The molecule has 0 amide bonds. The average Bonchev–Trinajstić information content (AvgIpc) is 3.46. The number of hydrogen-bond acceptors (Lipinski definition) is 6. The van der Waals surface area contributed by atoms with Gasteiger partial charge in [0, 0.05) is 25.5 Å². The lowest BCUT2D eigenvalue weighted by molar-refractivity contribution is -0.183. The Bertz CT molecular complexity index is 988. The maximum atomic E-state index is 13.7. The molecule has 0 bridgehead atoms. The van der Waals surface area contributed by atoms with Crippen molar-refractivity contribution in [1.29, 1.82) is 0 Å². The van der Waals surface area contributed by atoms with Gasteiger partial charge in [-0.05, 0) is 87.9 Å². The van der Waals surface area contributed by atoms with Crippen molar-refractivity contribution < 1.29 is 28.9 Å². The summed E-state index contributed by atoms with van der Waals surface area (Å²) in [5, 5.41) is 11.2. The standard InChI is InChI=1S/C29H42O6/c1-14-11-21(34-26(32)15(14)2)16(3)18-7-8-19-17-12-24-29(35-24)25(31)22(33-6)13-23(30)28(29,5)20(17)9-10-27(18,19)4/h16-22,24-25,31H,7-13H2,1-6H3. The normalized spacial score (nSPS) is 53.8. The maximum Gasteiger partial charge on any atom is 0.333 e. The van der Waals surface area contributed by atoms with Crippen molar-refractivity contribution >= 4 is 11.8 Å². The smallest absolute Gasteiger partial charge is 0.333 e. The summed E-state index contributed by atoms with van der Waals surface area (Å²) in [5.74, 6) is 2.09. The zero-order valence-electron chi connectivity index (χ0n) is 22.1. The molecule has 5 fully saturated rings. The summed E-state index contributed by atoms with van der Waals surface area (Å²) in [7, 11) is 1.58. The van der Waals surface area contributed by atoms with Crippen LogP contribution in [-0.4, -0.2) is 54.0 Å². The van der Waals surface area contributed by atoms with Gasteiger partial charge in [0.2, 0.25) is 0 Å². The second-order valence-corrected chi connectivity index (χ2v) is 13.2. The Labute approximate surface area is 209 Å². The van der Waals surface area contributed by atoms with E-state index >= 15 is 0 Å². The first-order chi connectivity index (χ1) is 16.5. The van der Waals surface area contributed by atoms with Crippen molar-refractivity contribution in [2.75, 3.05) is 7.11 Å². The van der Waals surface area contributed by atoms with E-state index in [1.807, 2.05) is 6.92 Å². The molecule has 0 radical (unpaired) electrons. The molecule has 35 heavy (non-hydrogen) atoms. The highest BCUT2D eigenvalue weighted by Gasteiger charge is 2.82. The number of Topliss-reactive ketones (excluding diaryl/α,β-unsaturated/α-hetero) is 1. The van der Waals surface area contributed by atoms with Gasteiger partial charge in [-0.3, -0.25) is 4.79 Å². The first-order valence-electron chi connectivity index (χ1n) is 13.8. The topological polar surface area (TPSA) is 85.4 Å². The monoisotopic (exact) mass is 486 g/mol. The van der Waals surface area contributed by atoms with Crippen LogP contribution in [0, 0.1) is 40.4 Å². The third kappa shape index (κ3) is 2.88. The number of rotatable bonds is 3. The van der Waals surface area contributed by atoms with Gasteiger partial charge in [-0.2, -0.15) is 0 Å². The molecule has 1 N–H and O–H groups in total. The van der Waals surface area contributed by atoms with Crippen molar-refractivity contribution in [1.82, 2.24) is 0 Å². The van der Waals surface area contributed by atoms with E-state index in [9.17, 15) is 14.7 Å². The molecular formula is C29H42O6. The molecule has 6 heteroatoms. The van der Waals surface area contributed by atoms with Gasteiger partial charge in [0.25, 0.3) is 0 Å². The van der Waals surface area contributed by atoms with Gasteiger partial charge in [0.05, 0.1) is 17.6 Å². The molecule has 4 aliphatic carbocycles. The number of esters is 1. The van der Waals surface area contributed by atoms with Crippen LogP contribution in [0.2, 0.25) is 0 Å². The number of carbonyl (C=O) groups excluding carboxylic acids is 2. The van der Waals surface area contributed by atoms with Gasteiger partial charge in [-0.25, -0.2) is 4.79 Å². The Kier molecular flexibility index (Phi) is 5.27. The highest BCUT2D eigenvalue weighted by atomic mass is 16.6. The van der Waals surface area contributed by atoms with E-state index < -0.39 is 23.2 Å². The van der Waals surface area contributed by atoms with Gasteiger partial charge in [-0.1, -0.05) is 19.4 Å². The number of ether oxygens (including phenoxy) is 3. The molecule has 6 aliphatic rings. The number of aliphatic hydroxyl groups is 1. The molecule has 0 aromatic carbocycles. The summed E-state index contributed by atoms with van der Waals surface area (Å²) in [4.78, 5) is 26.1. The predicted octanol–water partition coefficient (Wildman–Crippen LogP) is 4.23. The van der Waals surface area contributed by atoms with Gasteiger partial charge in [0.1, 0.15) is 23.6 Å². The fourth-order valence-electron chi connectivity index (χ4n) is 10.1. The number of cyclic esters (lactones) is 1. The predicted molar refractivity (Wildman–Crippen MR) is 129 cm³/mol. The average molecular weight is 487 g/mol. The molecule has 2 heterocycles. The van der Waals surface area contributed by atoms with Crippen LogP contribution in [0.3, 0.4) is 0 Å². The van der Waals surface area contributed by atoms with E-state index in [1.165, 1.54) is 0 Å². The fourth-order valence-corrected chi connectivity index (χ4v) is 10.1. The quantitative estimate of drug-likeness (QED) is 0.475. The molecule has 4 saturated carbocycles. The van der Waals surface area contributed by atoms with Crippen LogP contribution in [0.25, 0.3) is 0 Å². The van der Waals surface area contributed by atoms with Gasteiger partial charge < -0.3 is 19.3 Å². The number of ketones is 1. The summed E-state index contributed by atoms with van der Waals surface area (Å²) >= 11 is 0. The molecule has 0 aromatic rings. The van der Waals surface area contributed by atoms with E-state index in [-0.39, 0.29) is 41.7 Å². The van der Waals surface area contributed by atoms with E-state index in [0.29, 0.717) is 23.7 Å². The van der Waals surface area contributed by atoms with Crippen molar-refractivity contribution in [2.24, 2.45) is 40.4 Å². The summed E-state index contributed by atoms with van der Waals surface area (Å²) in [6.45, 7) is 10.8. The van der Waals surface area contributed by atoms with E-state index in [2.05, 4.69) is 27.7 Å². The van der Waals surface area contributed by atoms with E-state index in [4.69, 9.17) is 14.2 Å². The van der Waals surface area contributed by atoms with Crippen LogP contribution < -0.4 is 0 Å². The Morgan fingerprint density at radius 1 is 1.09 bits per heavy atom. The SMILES string of the molecule is COC1CC(=O)C2(C)C3CCC4(C)C(C(C)C5CC(C)=C(C)C(=O)O5)CCC4C3CC3OC32C1O. The first kappa shape index (κ1) is 24.1. The third-order valence-corrected chi connectivity index (χ3v) is 12.3. The van der Waals surface area contributed by atoms with Crippen molar-refractivity contribution in [2.45, 2.75) is 110 Å². The molecule has 1 saturated heterocycles. The van der Waals surface area contributed by atoms with Crippen LogP contribution in [0.15, 0.2) is 11.1 Å². The number of methoxy groups -OCH3 is 1. The van der Waals surface area contributed by atoms with Crippen molar-refractivity contribution in [3.8, 4) is 0 Å². The van der Waals surface area contributed by atoms with Gasteiger partial charge >= 0.3 is 5.97 Å². The van der Waals surface area contributed by atoms with Gasteiger partial charge in [-0.15, -0.1) is 0 Å². The second-order valence-electron chi connectivity index (χ2n) is 13.2. The number of fused-ring (bicyclic) bond motifs is 4. The largest absolute Gasteiger partial charge is 0.458 e. The van der Waals surface area contributed by atoms with E-state index in [1.54, 1.807) is 7.11 Å². The van der Waals surface area contributed by atoms with Gasteiger partial charge in [0.15, 0.2) is 0 Å². The molecule has 12 unspecified atom stereocenters. The van der Waals surface area contributed by atoms with E-state index in [0.717, 1.165) is 49.7 Å². The van der Waals surface area contributed by atoms with Crippen LogP contribution >= 0.6 is 0 Å². The fraction of sp³-hybridized carbons (Fsp3) is 0.862. The summed E-state index contributed by atoms with van der Waals surface area (Å²) in [5.41, 5.74) is 0.698. The Hall–Kier alpha value is -1.24. The lowest BCUT2D eigenvalue weighted by Crippen LogP contribution is -2.68. The summed E-state index contributed by atoms with van der Waals surface area (Å²) in [6.07, 6.45) is 5.11. The minimum absolute atomic E-state index is 0.0474. The second kappa shape index (κ2) is 7.64. The highest BCUT2D eigenvalue weighted by molar-refractivity contribution is 5.90.